The van der Waals surface area contributed by atoms with Crippen LogP contribution < -0.4 is 10.5 Å². The number of anilines is 1. The number of aromatic amines is 1. The van der Waals surface area contributed by atoms with E-state index in [2.05, 4.69) is 12.0 Å². The molecule has 0 aliphatic carbocycles. The molecule has 0 bridgehead atoms. The Morgan fingerprint density at radius 2 is 1.62 bits per heavy atom. The van der Waals surface area contributed by atoms with Gasteiger partial charge >= 0.3 is 0 Å². The number of amides is 2. The van der Waals surface area contributed by atoms with Gasteiger partial charge < -0.3 is 4.90 Å². The number of nitrogens with one attached hydrogen (secondary N) is 1. The van der Waals surface area contributed by atoms with Crippen LogP contribution in [0.25, 0.3) is 11.3 Å². The van der Waals surface area contributed by atoms with Crippen LogP contribution in [0.4, 0.5) is 10.1 Å². The highest BCUT2D eigenvalue weighted by molar-refractivity contribution is 6.45. The Labute approximate surface area is 219 Å². The van der Waals surface area contributed by atoms with Crippen molar-refractivity contribution in [1.82, 2.24) is 14.7 Å². The first-order chi connectivity index (χ1) is 17.7. The van der Waals surface area contributed by atoms with E-state index in [1.807, 2.05) is 18.7 Å². The number of para-hydroxylation sites is 1. The second kappa shape index (κ2) is 9.67. The van der Waals surface area contributed by atoms with Crippen LogP contribution in [-0.2, 0) is 9.59 Å². The number of halogens is 2. The molecule has 2 aromatic carbocycles. The molecule has 2 aliphatic rings. The second-order valence-electron chi connectivity index (χ2n) is 9.96. The number of hydrogen-bond acceptors (Lipinski definition) is 4. The maximum atomic E-state index is 14.8. The van der Waals surface area contributed by atoms with Gasteiger partial charge in [-0.05, 0) is 61.1 Å². The van der Waals surface area contributed by atoms with Crippen molar-refractivity contribution in [2.24, 2.45) is 5.92 Å². The van der Waals surface area contributed by atoms with E-state index in [1.54, 1.807) is 30.3 Å². The van der Waals surface area contributed by atoms with Crippen molar-refractivity contribution in [3.8, 4) is 5.69 Å². The van der Waals surface area contributed by atoms with Gasteiger partial charge in [0.1, 0.15) is 11.5 Å². The van der Waals surface area contributed by atoms with Crippen LogP contribution in [0.2, 0.25) is 5.02 Å². The van der Waals surface area contributed by atoms with Crippen LogP contribution in [0.3, 0.4) is 0 Å². The summed E-state index contributed by atoms with van der Waals surface area (Å²) in [4.78, 5) is 44.5. The van der Waals surface area contributed by atoms with Gasteiger partial charge in [-0.25, -0.2) is 14.0 Å². The van der Waals surface area contributed by atoms with Crippen molar-refractivity contribution in [2.45, 2.75) is 39.5 Å². The third-order valence-corrected chi connectivity index (χ3v) is 7.34. The molecule has 3 aromatic rings. The summed E-state index contributed by atoms with van der Waals surface area (Å²) in [6.45, 7) is 7.08. The molecule has 0 atom stereocenters. The molecular weight excluding hydrogens is 495 g/mol. The van der Waals surface area contributed by atoms with Crippen LogP contribution in [0.15, 0.2) is 59.0 Å². The van der Waals surface area contributed by atoms with Crippen LogP contribution >= 0.6 is 11.6 Å². The van der Waals surface area contributed by atoms with Gasteiger partial charge in [0.05, 0.1) is 22.5 Å². The highest BCUT2D eigenvalue weighted by atomic mass is 35.5. The van der Waals surface area contributed by atoms with Gasteiger partial charge in [-0.3, -0.25) is 19.5 Å². The Balaban J connectivity index is 1.74. The van der Waals surface area contributed by atoms with Crippen molar-refractivity contribution in [3.05, 3.63) is 86.7 Å². The summed E-state index contributed by atoms with van der Waals surface area (Å²) >= 11 is 6.04. The Morgan fingerprint density at radius 3 is 2.24 bits per heavy atom. The summed E-state index contributed by atoms with van der Waals surface area (Å²) in [6, 6.07) is 12.4. The van der Waals surface area contributed by atoms with Crippen LogP contribution in [0.5, 0.6) is 0 Å². The number of imide groups is 1. The third kappa shape index (κ3) is 4.29. The molecule has 2 amide bonds. The molecule has 2 aliphatic heterocycles. The molecular formula is C28H28ClFN4O3. The highest BCUT2D eigenvalue weighted by Crippen LogP contribution is 2.38. The van der Waals surface area contributed by atoms with Crippen molar-refractivity contribution >= 4 is 34.7 Å². The monoisotopic (exact) mass is 522 g/mol. The molecule has 1 fully saturated rings. The number of piperidine rings is 1. The summed E-state index contributed by atoms with van der Waals surface area (Å²) in [6.07, 6.45) is 1.69. The Kier molecular flexibility index (Phi) is 6.54. The summed E-state index contributed by atoms with van der Waals surface area (Å²) in [5.74, 6) is -1.70. The third-order valence-electron chi connectivity index (χ3n) is 7.08. The van der Waals surface area contributed by atoms with Gasteiger partial charge in [0.25, 0.3) is 17.4 Å². The topological polar surface area (TPSA) is 78.4 Å². The van der Waals surface area contributed by atoms with E-state index in [4.69, 9.17) is 11.6 Å². The molecule has 37 heavy (non-hydrogen) atoms. The average molecular weight is 523 g/mol. The standard InChI is InChI=1S/C28H28ClFN4O3/c1-16(2)24-22(27(36)34(31-24)19-10-8-18(29)9-11-19)23-25(32-14-12-17(3)13-15-32)28(37)33(26(23)35)21-7-5-4-6-20(21)30/h4-11,16-17,31H,12-15H2,1-3H3. The lowest BCUT2D eigenvalue weighted by Crippen LogP contribution is -2.38. The number of carbonyl (C=O) groups excluding carboxylic acids is 2. The first kappa shape index (κ1) is 25.0. The van der Waals surface area contributed by atoms with Gasteiger partial charge in [0, 0.05) is 23.8 Å². The smallest absolute Gasteiger partial charge is 0.282 e. The number of likely N-dealkylation sites (tertiary alicyclic amines) is 1. The van der Waals surface area contributed by atoms with Crippen LogP contribution in [0, 0.1) is 11.7 Å². The number of H-pyrrole nitrogens is 1. The highest BCUT2D eigenvalue weighted by Gasteiger charge is 2.46. The Bertz CT molecular complexity index is 1460. The van der Waals surface area contributed by atoms with E-state index in [-0.39, 0.29) is 28.4 Å². The van der Waals surface area contributed by atoms with Crippen LogP contribution in [0.1, 0.15) is 50.8 Å². The number of hydrogen-bond donors (Lipinski definition) is 1. The minimum Gasteiger partial charge on any atom is -0.366 e. The van der Waals surface area contributed by atoms with Gasteiger partial charge in [0.2, 0.25) is 0 Å². The zero-order chi connectivity index (χ0) is 26.4. The SMILES string of the molecule is CC1CCN(C2=C(c3c(C(C)C)[nH]n(-c4ccc(Cl)cc4)c3=O)C(=O)N(c3ccccc3F)C2=O)CC1. The zero-order valence-electron chi connectivity index (χ0n) is 20.9. The molecule has 0 saturated carbocycles. The fourth-order valence-electron chi connectivity index (χ4n) is 5.01. The Morgan fingerprint density at radius 1 is 0.973 bits per heavy atom. The van der Waals surface area contributed by atoms with Gasteiger partial charge in [0.15, 0.2) is 0 Å². The predicted octanol–water partition coefficient (Wildman–Crippen LogP) is 5.10. The molecule has 0 unspecified atom stereocenters. The van der Waals surface area contributed by atoms with E-state index in [1.165, 1.54) is 22.9 Å². The van der Waals surface area contributed by atoms with Crippen molar-refractivity contribution in [1.29, 1.82) is 0 Å². The fourth-order valence-corrected chi connectivity index (χ4v) is 5.13. The molecule has 1 saturated heterocycles. The van der Waals surface area contributed by atoms with Crippen molar-refractivity contribution < 1.29 is 14.0 Å². The maximum absolute atomic E-state index is 14.8. The molecule has 192 valence electrons. The van der Waals surface area contributed by atoms with E-state index in [0.717, 1.165) is 17.7 Å². The summed E-state index contributed by atoms with van der Waals surface area (Å²) < 4.78 is 16.2. The lowest BCUT2D eigenvalue weighted by molar-refractivity contribution is -0.120. The lowest BCUT2D eigenvalue weighted by atomic mass is 9.95. The molecule has 9 heteroatoms. The van der Waals surface area contributed by atoms with E-state index in [0.29, 0.717) is 35.4 Å². The summed E-state index contributed by atoms with van der Waals surface area (Å²) in [5.41, 5.74) is 0.779. The largest absolute Gasteiger partial charge is 0.366 e. The first-order valence-corrected chi connectivity index (χ1v) is 12.8. The minimum atomic E-state index is -0.704. The molecule has 7 nitrogen and oxygen atoms in total. The van der Waals surface area contributed by atoms with Crippen molar-refractivity contribution in [3.63, 3.8) is 0 Å². The fraction of sp³-hybridized carbons (Fsp3) is 0.321. The summed E-state index contributed by atoms with van der Waals surface area (Å²) in [7, 11) is 0. The lowest BCUT2D eigenvalue weighted by Gasteiger charge is -2.32. The van der Waals surface area contributed by atoms with Crippen LogP contribution in [-0.4, -0.2) is 39.6 Å². The van der Waals surface area contributed by atoms with Gasteiger partial charge in [-0.1, -0.05) is 44.5 Å². The Hall–Kier alpha value is -3.65. The average Bonchev–Trinajstić information content (AvgIpc) is 3.33. The molecule has 5 rings (SSSR count). The van der Waals surface area contributed by atoms with E-state index in [9.17, 15) is 18.8 Å². The van der Waals surface area contributed by atoms with Gasteiger partial charge in [-0.15, -0.1) is 0 Å². The maximum Gasteiger partial charge on any atom is 0.282 e. The predicted molar refractivity (Wildman–Crippen MR) is 141 cm³/mol. The van der Waals surface area contributed by atoms with E-state index >= 15 is 0 Å². The zero-order valence-corrected chi connectivity index (χ0v) is 21.7. The van der Waals surface area contributed by atoms with Gasteiger partial charge in [-0.2, -0.15) is 0 Å². The number of aromatic nitrogens is 2. The number of rotatable bonds is 5. The number of carbonyl (C=O) groups is 2. The number of nitrogens with zero attached hydrogens (tertiary/aromatic N) is 3. The normalized spacial score (nSPS) is 17.0. The van der Waals surface area contributed by atoms with Crippen molar-refractivity contribution in [2.75, 3.05) is 18.0 Å². The molecule has 0 spiro atoms. The molecule has 1 aromatic heterocycles. The molecule has 3 heterocycles. The number of benzene rings is 2. The molecule has 1 N–H and O–H groups in total. The van der Waals surface area contributed by atoms with E-state index < -0.39 is 23.2 Å². The first-order valence-electron chi connectivity index (χ1n) is 12.4. The molecule has 0 radical (unpaired) electrons. The minimum absolute atomic E-state index is 0.0143. The second-order valence-corrected chi connectivity index (χ2v) is 10.4. The quantitative estimate of drug-likeness (QED) is 0.473. The summed E-state index contributed by atoms with van der Waals surface area (Å²) in [5, 5.41) is 3.67.